The molecule has 6 heteroatoms. The lowest BCUT2D eigenvalue weighted by molar-refractivity contribution is 0.765. The highest BCUT2D eigenvalue weighted by atomic mass is 32.2. The fourth-order valence-corrected chi connectivity index (χ4v) is 2.53. The first-order chi connectivity index (χ1) is 8.61. The van der Waals surface area contributed by atoms with Gasteiger partial charge in [0.25, 0.3) is 0 Å². The zero-order valence-corrected chi connectivity index (χ0v) is 11.3. The van der Waals surface area contributed by atoms with Gasteiger partial charge in [-0.1, -0.05) is 12.1 Å². The van der Waals surface area contributed by atoms with Gasteiger partial charge in [-0.3, -0.25) is 4.57 Å². The largest absolute Gasteiger partial charge is 0.343 e. The minimum Gasteiger partial charge on any atom is -0.330 e. The molecule has 18 heavy (non-hydrogen) atoms. The number of hydrogen-bond acceptors (Lipinski definition) is 4. The van der Waals surface area contributed by atoms with E-state index in [9.17, 15) is 4.79 Å². The molecular weight excluding hydrogens is 248 g/mol. The standard InChI is InChI=1S/C12H16N4OS/c1-8-7-9(5-6-13)3-4-10(8)18-12-15-14-11(17)16(12)2/h3-4,7H,5-6,13H2,1-2H3,(H,14,17). The number of aromatic nitrogens is 3. The van der Waals surface area contributed by atoms with E-state index < -0.39 is 0 Å². The Morgan fingerprint density at radius 3 is 2.83 bits per heavy atom. The molecule has 0 unspecified atom stereocenters. The number of nitrogens with two attached hydrogens (primary N) is 1. The lowest BCUT2D eigenvalue weighted by Crippen LogP contribution is -2.12. The van der Waals surface area contributed by atoms with Gasteiger partial charge in [0.15, 0.2) is 5.16 Å². The van der Waals surface area contributed by atoms with Gasteiger partial charge in [0.2, 0.25) is 0 Å². The maximum absolute atomic E-state index is 11.3. The highest BCUT2D eigenvalue weighted by Gasteiger charge is 2.08. The Labute approximate surface area is 109 Å². The molecular formula is C12H16N4OS. The minimum atomic E-state index is -0.199. The van der Waals surface area contributed by atoms with E-state index in [1.165, 1.54) is 27.5 Å². The van der Waals surface area contributed by atoms with Crippen LogP contribution < -0.4 is 11.4 Å². The van der Waals surface area contributed by atoms with Crippen LogP contribution in [-0.2, 0) is 13.5 Å². The fourth-order valence-electron chi connectivity index (χ4n) is 1.67. The smallest absolute Gasteiger partial charge is 0.330 e. The maximum Gasteiger partial charge on any atom is 0.343 e. The first-order valence-corrected chi connectivity index (χ1v) is 6.52. The molecule has 0 saturated carbocycles. The van der Waals surface area contributed by atoms with E-state index in [1.54, 1.807) is 7.05 Å². The molecule has 2 rings (SSSR count). The molecule has 5 nitrogen and oxygen atoms in total. The predicted molar refractivity (Wildman–Crippen MR) is 71.9 cm³/mol. The highest BCUT2D eigenvalue weighted by Crippen LogP contribution is 2.28. The first-order valence-electron chi connectivity index (χ1n) is 5.70. The molecule has 0 aliphatic carbocycles. The van der Waals surface area contributed by atoms with Crippen LogP contribution in [0.25, 0.3) is 0 Å². The normalized spacial score (nSPS) is 10.8. The van der Waals surface area contributed by atoms with Crippen molar-refractivity contribution in [2.45, 2.75) is 23.4 Å². The van der Waals surface area contributed by atoms with Crippen LogP contribution in [0.3, 0.4) is 0 Å². The summed E-state index contributed by atoms with van der Waals surface area (Å²) in [5.41, 5.74) is 7.74. The van der Waals surface area contributed by atoms with Crippen molar-refractivity contribution in [3.05, 3.63) is 39.8 Å². The van der Waals surface area contributed by atoms with Gasteiger partial charge in [0.1, 0.15) is 0 Å². The fraction of sp³-hybridized carbons (Fsp3) is 0.333. The second kappa shape index (κ2) is 5.41. The van der Waals surface area contributed by atoms with E-state index in [2.05, 4.69) is 22.3 Å². The first kappa shape index (κ1) is 12.9. The summed E-state index contributed by atoms with van der Waals surface area (Å²) in [6.45, 7) is 2.70. The summed E-state index contributed by atoms with van der Waals surface area (Å²) in [6, 6.07) is 6.23. The molecule has 1 heterocycles. The van der Waals surface area contributed by atoms with Gasteiger partial charge in [-0.05, 0) is 48.8 Å². The van der Waals surface area contributed by atoms with Crippen molar-refractivity contribution in [3.8, 4) is 0 Å². The van der Waals surface area contributed by atoms with Crippen LogP contribution in [0.4, 0.5) is 0 Å². The average molecular weight is 264 g/mol. The lowest BCUT2D eigenvalue weighted by Gasteiger charge is -2.07. The van der Waals surface area contributed by atoms with Crippen LogP contribution in [0.15, 0.2) is 33.0 Å². The summed E-state index contributed by atoms with van der Waals surface area (Å²) in [6.07, 6.45) is 0.882. The Balaban J connectivity index is 2.24. The Morgan fingerprint density at radius 1 is 1.50 bits per heavy atom. The van der Waals surface area contributed by atoms with Gasteiger partial charge in [-0.25, -0.2) is 9.89 Å². The Kier molecular flexibility index (Phi) is 3.88. The topological polar surface area (TPSA) is 76.7 Å². The quantitative estimate of drug-likeness (QED) is 0.866. The number of benzene rings is 1. The van der Waals surface area contributed by atoms with Crippen molar-refractivity contribution in [1.82, 2.24) is 14.8 Å². The summed E-state index contributed by atoms with van der Waals surface area (Å²) in [5.74, 6) is 0. The maximum atomic E-state index is 11.3. The Morgan fingerprint density at radius 2 is 2.28 bits per heavy atom. The number of aryl methyl sites for hydroxylation is 1. The molecule has 2 aromatic rings. The third kappa shape index (κ3) is 2.65. The van der Waals surface area contributed by atoms with Crippen molar-refractivity contribution < 1.29 is 0 Å². The summed E-state index contributed by atoms with van der Waals surface area (Å²) in [5, 5.41) is 7.07. The lowest BCUT2D eigenvalue weighted by atomic mass is 10.1. The van der Waals surface area contributed by atoms with Crippen LogP contribution >= 0.6 is 11.8 Å². The van der Waals surface area contributed by atoms with E-state index in [4.69, 9.17) is 5.73 Å². The van der Waals surface area contributed by atoms with Crippen LogP contribution in [0, 0.1) is 6.92 Å². The van der Waals surface area contributed by atoms with Crippen molar-refractivity contribution in [3.63, 3.8) is 0 Å². The Bertz CT molecular complexity index is 602. The van der Waals surface area contributed by atoms with Gasteiger partial charge in [-0.2, -0.15) is 0 Å². The second-order valence-corrected chi connectivity index (χ2v) is 5.12. The molecule has 1 aromatic carbocycles. The van der Waals surface area contributed by atoms with Crippen LogP contribution in [0.5, 0.6) is 0 Å². The van der Waals surface area contributed by atoms with E-state index in [1.807, 2.05) is 13.0 Å². The van der Waals surface area contributed by atoms with Crippen molar-refractivity contribution in [1.29, 1.82) is 0 Å². The SMILES string of the molecule is Cc1cc(CCN)ccc1Sc1n[nH]c(=O)n1C. The number of aromatic amines is 1. The number of H-pyrrole nitrogens is 1. The van der Waals surface area contributed by atoms with E-state index in [0.717, 1.165) is 11.3 Å². The molecule has 0 aliphatic rings. The number of nitrogens with one attached hydrogen (secondary N) is 1. The molecule has 0 aliphatic heterocycles. The van der Waals surface area contributed by atoms with Gasteiger partial charge < -0.3 is 5.73 Å². The third-order valence-electron chi connectivity index (χ3n) is 2.71. The monoisotopic (exact) mass is 264 g/mol. The van der Waals surface area contributed by atoms with Gasteiger partial charge in [0, 0.05) is 11.9 Å². The van der Waals surface area contributed by atoms with Gasteiger partial charge in [0.05, 0.1) is 0 Å². The second-order valence-electron chi connectivity index (χ2n) is 4.11. The molecule has 1 aromatic heterocycles. The van der Waals surface area contributed by atoms with Crippen molar-refractivity contribution >= 4 is 11.8 Å². The molecule has 3 N–H and O–H groups in total. The molecule has 0 atom stereocenters. The number of nitrogens with zero attached hydrogens (tertiary/aromatic N) is 2. The van der Waals surface area contributed by atoms with Gasteiger partial charge >= 0.3 is 5.69 Å². The zero-order valence-electron chi connectivity index (χ0n) is 10.4. The molecule has 0 fully saturated rings. The molecule has 0 radical (unpaired) electrons. The van der Waals surface area contributed by atoms with Crippen molar-refractivity contribution in [2.75, 3.05) is 6.54 Å². The number of hydrogen-bond donors (Lipinski definition) is 2. The molecule has 0 bridgehead atoms. The molecule has 0 spiro atoms. The van der Waals surface area contributed by atoms with E-state index in [0.29, 0.717) is 11.7 Å². The highest BCUT2D eigenvalue weighted by molar-refractivity contribution is 7.99. The van der Waals surface area contributed by atoms with Crippen molar-refractivity contribution in [2.24, 2.45) is 12.8 Å². The van der Waals surface area contributed by atoms with Crippen LogP contribution in [0.1, 0.15) is 11.1 Å². The molecule has 96 valence electrons. The van der Waals surface area contributed by atoms with Crippen LogP contribution in [0.2, 0.25) is 0 Å². The zero-order chi connectivity index (χ0) is 13.1. The third-order valence-corrected chi connectivity index (χ3v) is 3.94. The minimum absolute atomic E-state index is 0.199. The molecule has 0 amide bonds. The van der Waals surface area contributed by atoms with E-state index >= 15 is 0 Å². The summed E-state index contributed by atoms with van der Waals surface area (Å²) < 4.78 is 1.50. The van der Waals surface area contributed by atoms with Crippen LogP contribution in [-0.4, -0.2) is 21.3 Å². The predicted octanol–water partition coefficient (Wildman–Crippen LogP) is 1.07. The Hall–Kier alpha value is -1.53. The van der Waals surface area contributed by atoms with E-state index in [-0.39, 0.29) is 5.69 Å². The summed E-state index contributed by atoms with van der Waals surface area (Å²) >= 11 is 1.48. The molecule has 0 saturated heterocycles. The number of rotatable bonds is 4. The summed E-state index contributed by atoms with van der Waals surface area (Å²) in [7, 11) is 1.70. The van der Waals surface area contributed by atoms with Gasteiger partial charge in [-0.15, -0.1) is 5.10 Å². The average Bonchev–Trinajstić information content (AvgIpc) is 2.65. The summed E-state index contributed by atoms with van der Waals surface area (Å²) in [4.78, 5) is 12.4.